The van der Waals surface area contributed by atoms with Crippen molar-refractivity contribution < 1.29 is 4.79 Å². The third kappa shape index (κ3) is 6.04. The summed E-state index contributed by atoms with van der Waals surface area (Å²) >= 11 is 1.20. The number of nitrogens with zero attached hydrogens (tertiary/aromatic N) is 4. The van der Waals surface area contributed by atoms with E-state index in [1.165, 1.54) is 24.7 Å². The first-order chi connectivity index (χ1) is 14.1. The van der Waals surface area contributed by atoms with E-state index in [9.17, 15) is 9.59 Å². The monoisotopic (exact) mass is 417 g/mol. The quantitative estimate of drug-likeness (QED) is 0.493. The van der Waals surface area contributed by atoms with Gasteiger partial charge in [-0.3, -0.25) is 9.59 Å². The lowest BCUT2D eigenvalue weighted by atomic mass is 10.2. The first kappa shape index (κ1) is 21.8. The second kappa shape index (κ2) is 10.8. The summed E-state index contributed by atoms with van der Waals surface area (Å²) in [6.07, 6.45) is 2.16. The predicted octanol–water partition coefficient (Wildman–Crippen LogP) is 1.56. The third-order valence-electron chi connectivity index (χ3n) is 5.27. The van der Waals surface area contributed by atoms with Crippen LogP contribution in [0.4, 0.5) is 0 Å². The molecule has 0 aliphatic carbocycles. The lowest BCUT2D eigenvalue weighted by Gasteiger charge is -2.34. The molecule has 2 heterocycles. The van der Waals surface area contributed by atoms with Gasteiger partial charge in [0.05, 0.1) is 16.8 Å². The van der Waals surface area contributed by atoms with Gasteiger partial charge in [0.1, 0.15) is 0 Å². The van der Waals surface area contributed by atoms with Crippen molar-refractivity contribution in [1.82, 2.24) is 24.7 Å². The Labute approximate surface area is 176 Å². The summed E-state index contributed by atoms with van der Waals surface area (Å²) in [7, 11) is 1.73. The van der Waals surface area contributed by atoms with E-state index in [1.807, 2.05) is 24.3 Å². The van der Waals surface area contributed by atoms with Crippen molar-refractivity contribution in [3.05, 3.63) is 34.6 Å². The van der Waals surface area contributed by atoms with Gasteiger partial charge in [-0.25, -0.2) is 4.98 Å². The molecule has 0 bridgehead atoms. The molecular formula is C21H31N5O2S. The number of nitrogens with one attached hydrogen (secondary N) is 1. The molecule has 29 heavy (non-hydrogen) atoms. The fraction of sp³-hybridized carbons (Fsp3) is 0.571. The lowest BCUT2D eigenvalue weighted by molar-refractivity contribution is -0.118. The van der Waals surface area contributed by atoms with E-state index in [2.05, 4.69) is 27.0 Å². The summed E-state index contributed by atoms with van der Waals surface area (Å²) in [5.74, 6) is 0.149. The first-order valence-corrected chi connectivity index (χ1v) is 11.4. The molecule has 1 amide bonds. The van der Waals surface area contributed by atoms with Crippen molar-refractivity contribution >= 4 is 28.7 Å². The highest BCUT2D eigenvalue weighted by Crippen LogP contribution is 2.15. The molecule has 1 saturated heterocycles. The minimum atomic E-state index is -0.163. The molecule has 1 aromatic carbocycles. The molecule has 1 aromatic heterocycles. The van der Waals surface area contributed by atoms with Crippen LogP contribution in [0, 0.1) is 0 Å². The zero-order valence-electron chi connectivity index (χ0n) is 17.4. The number of aromatic nitrogens is 2. The number of benzene rings is 1. The Hall–Kier alpha value is -1.90. The minimum absolute atomic E-state index is 0.0558. The standard InChI is InChI=1S/C21H31N5O2S/c1-3-10-25-12-14-26(15-13-25)11-6-9-22-19(27)16-29-20-21(28)24(2)18-8-5-4-7-17(18)23-20/h4-5,7-8H,3,6,9-16H2,1-2H3,(H,22,27). The molecule has 8 heteroatoms. The number of hydrogen-bond acceptors (Lipinski definition) is 6. The maximum absolute atomic E-state index is 12.4. The van der Waals surface area contributed by atoms with Crippen LogP contribution in [0.3, 0.4) is 0 Å². The molecule has 3 rings (SSSR count). The van der Waals surface area contributed by atoms with Gasteiger partial charge < -0.3 is 19.7 Å². The minimum Gasteiger partial charge on any atom is -0.355 e. The second-order valence-electron chi connectivity index (χ2n) is 7.45. The molecule has 1 aliphatic rings. The smallest absolute Gasteiger partial charge is 0.283 e. The van der Waals surface area contributed by atoms with E-state index in [4.69, 9.17) is 0 Å². The number of para-hydroxylation sites is 2. The molecule has 1 aliphatic heterocycles. The van der Waals surface area contributed by atoms with Crippen LogP contribution in [0.5, 0.6) is 0 Å². The highest BCUT2D eigenvalue weighted by Gasteiger charge is 2.15. The van der Waals surface area contributed by atoms with Crippen LogP contribution in [-0.2, 0) is 11.8 Å². The SMILES string of the molecule is CCCN1CCN(CCCNC(=O)CSc2nc3ccccc3n(C)c2=O)CC1. The van der Waals surface area contributed by atoms with Gasteiger partial charge in [0.25, 0.3) is 5.56 Å². The first-order valence-electron chi connectivity index (χ1n) is 10.4. The highest BCUT2D eigenvalue weighted by atomic mass is 32.2. The summed E-state index contributed by atoms with van der Waals surface area (Å²) in [6, 6.07) is 7.52. The Kier molecular flexibility index (Phi) is 8.09. The number of aryl methyl sites for hydroxylation is 1. The van der Waals surface area contributed by atoms with Crippen molar-refractivity contribution in [2.24, 2.45) is 7.05 Å². The Balaban J connectivity index is 1.38. The second-order valence-corrected chi connectivity index (χ2v) is 8.41. The van der Waals surface area contributed by atoms with E-state index in [0.717, 1.165) is 50.2 Å². The zero-order valence-corrected chi connectivity index (χ0v) is 18.2. The van der Waals surface area contributed by atoms with Crippen LogP contribution in [-0.4, -0.2) is 76.8 Å². The fourth-order valence-electron chi connectivity index (χ4n) is 3.61. The number of thioether (sulfide) groups is 1. The van der Waals surface area contributed by atoms with Gasteiger partial charge in [-0.15, -0.1) is 0 Å². The highest BCUT2D eigenvalue weighted by molar-refractivity contribution is 7.99. The number of piperazine rings is 1. The van der Waals surface area contributed by atoms with Gasteiger partial charge in [-0.2, -0.15) is 0 Å². The Morgan fingerprint density at radius 2 is 1.83 bits per heavy atom. The van der Waals surface area contributed by atoms with Crippen molar-refractivity contribution in [2.75, 3.05) is 51.6 Å². The molecule has 0 atom stereocenters. The molecule has 2 aromatic rings. The molecule has 7 nitrogen and oxygen atoms in total. The number of carbonyl (C=O) groups is 1. The summed E-state index contributed by atoms with van der Waals surface area (Å²) in [4.78, 5) is 34.0. The average molecular weight is 418 g/mol. The van der Waals surface area contributed by atoms with Crippen molar-refractivity contribution in [3.8, 4) is 0 Å². The number of fused-ring (bicyclic) bond motifs is 1. The van der Waals surface area contributed by atoms with Gasteiger partial charge in [0, 0.05) is 39.8 Å². The van der Waals surface area contributed by atoms with Crippen LogP contribution in [0.1, 0.15) is 19.8 Å². The number of carbonyl (C=O) groups excluding carboxylic acids is 1. The Morgan fingerprint density at radius 3 is 2.55 bits per heavy atom. The topological polar surface area (TPSA) is 70.5 Å². The molecule has 0 radical (unpaired) electrons. The van der Waals surface area contributed by atoms with Crippen LogP contribution < -0.4 is 10.9 Å². The van der Waals surface area contributed by atoms with Gasteiger partial charge >= 0.3 is 0 Å². The van der Waals surface area contributed by atoms with Crippen LogP contribution in [0.2, 0.25) is 0 Å². The fourth-order valence-corrected chi connectivity index (χ4v) is 4.41. The maximum Gasteiger partial charge on any atom is 0.283 e. The summed E-state index contributed by atoms with van der Waals surface area (Å²) < 4.78 is 1.59. The molecule has 1 N–H and O–H groups in total. The zero-order chi connectivity index (χ0) is 20.6. The number of rotatable bonds is 9. The molecule has 0 spiro atoms. The van der Waals surface area contributed by atoms with Crippen molar-refractivity contribution in [1.29, 1.82) is 0 Å². The van der Waals surface area contributed by atoms with Gasteiger partial charge in [-0.05, 0) is 38.1 Å². The van der Waals surface area contributed by atoms with Crippen molar-refractivity contribution in [2.45, 2.75) is 24.8 Å². The summed E-state index contributed by atoms with van der Waals surface area (Å²) in [5.41, 5.74) is 1.39. The van der Waals surface area contributed by atoms with Gasteiger partial charge in [-0.1, -0.05) is 30.8 Å². The normalized spacial score (nSPS) is 15.7. The Morgan fingerprint density at radius 1 is 1.14 bits per heavy atom. The van der Waals surface area contributed by atoms with Crippen LogP contribution in [0.25, 0.3) is 11.0 Å². The summed E-state index contributed by atoms with van der Waals surface area (Å²) in [6.45, 7) is 9.60. The summed E-state index contributed by atoms with van der Waals surface area (Å²) in [5, 5.41) is 3.33. The largest absolute Gasteiger partial charge is 0.355 e. The van der Waals surface area contributed by atoms with E-state index >= 15 is 0 Å². The molecule has 0 unspecified atom stereocenters. The van der Waals surface area contributed by atoms with Crippen LogP contribution >= 0.6 is 11.8 Å². The van der Waals surface area contributed by atoms with E-state index in [1.54, 1.807) is 11.6 Å². The molecule has 0 saturated carbocycles. The van der Waals surface area contributed by atoms with Crippen molar-refractivity contribution in [3.63, 3.8) is 0 Å². The van der Waals surface area contributed by atoms with Gasteiger partial charge in [0.15, 0.2) is 5.03 Å². The Bertz CT molecular complexity index is 877. The van der Waals surface area contributed by atoms with E-state index in [-0.39, 0.29) is 17.2 Å². The average Bonchev–Trinajstić information content (AvgIpc) is 2.74. The number of amides is 1. The maximum atomic E-state index is 12.4. The third-order valence-corrected chi connectivity index (χ3v) is 6.22. The van der Waals surface area contributed by atoms with Crippen LogP contribution in [0.15, 0.2) is 34.1 Å². The predicted molar refractivity (Wildman–Crippen MR) is 119 cm³/mol. The van der Waals surface area contributed by atoms with E-state index in [0.29, 0.717) is 11.6 Å². The molecule has 158 valence electrons. The number of hydrogen-bond donors (Lipinski definition) is 1. The molecular weight excluding hydrogens is 386 g/mol. The molecule has 1 fully saturated rings. The van der Waals surface area contributed by atoms with Gasteiger partial charge in [0.2, 0.25) is 5.91 Å². The van der Waals surface area contributed by atoms with E-state index < -0.39 is 0 Å². The lowest BCUT2D eigenvalue weighted by Crippen LogP contribution is -2.47.